The predicted molar refractivity (Wildman–Crippen MR) is 62.5 cm³/mol. The van der Waals surface area contributed by atoms with Gasteiger partial charge in [0.2, 0.25) is 0 Å². The van der Waals surface area contributed by atoms with Crippen LogP contribution in [0.15, 0.2) is 60.1 Å². The number of hydrogen-bond donors (Lipinski definition) is 0. The lowest BCUT2D eigenvalue weighted by Crippen LogP contribution is -1.81. The van der Waals surface area contributed by atoms with E-state index >= 15 is 0 Å². The molecule has 0 aliphatic rings. The molecule has 1 aromatic carbocycles. The molecular formula is C12H11Br. The van der Waals surface area contributed by atoms with Crippen molar-refractivity contribution in [3.8, 4) is 0 Å². The van der Waals surface area contributed by atoms with Gasteiger partial charge in [-0.2, -0.15) is 0 Å². The molecule has 0 N–H and O–H groups in total. The van der Waals surface area contributed by atoms with E-state index < -0.39 is 0 Å². The van der Waals surface area contributed by atoms with Crippen molar-refractivity contribution in [1.29, 1.82) is 0 Å². The lowest BCUT2D eigenvalue weighted by Gasteiger charge is -2.03. The van der Waals surface area contributed by atoms with Crippen molar-refractivity contribution in [2.24, 2.45) is 0 Å². The Morgan fingerprint density at radius 2 is 1.92 bits per heavy atom. The van der Waals surface area contributed by atoms with Gasteiger partial charge in [-0.3, -0.25) is 0 Å². The van der Waals surface area contributed by atoms with E-state index in [1.807, 2.05) is 36.4 Å². The molecule has 0 atom stereocenters. The van der Waals surface area contributed by atoms with Gasteiger partial charge in [-0.1, -0.05) is 65.5 Å². The molecule has 0 spiro atoms. The minimum atomic E-state index is 1.07. The Bertz CT molecular complexity index is 348. The van der Waals surface area contributed by atoms with Crippen molar-refractivity contribution in [3.63, 3.8) is 0 Å². The predicted octanol–water partition coefficient (Wildman–Crippen LogP) is 4.20. The first-order valence-corrected chi connectivity index (χ1v) is 4.79. The van der Waals surface area contributed by atoms with Gasteiger partial charge in [0.25, 0.3) is 0 Å². The maximum Gasteiger partial charge on any atom is 0.0253 e. The summed E-state index contributed by atoms with van der Waals surface area (Å²) in [5.41, 5.74) is 2.21. The van der Waals surface area contributed by atoms with Gasteiger partial charge < -0.3 is 0 Å². The third-order valence-electron chi connectivity index (χ3n) is 1.70. The van der Waals surface area contributed by atoms with Crippen LogP contribution in [0.25, 0.3) is 5.57 Å². The van der Waals surface area contributed by atoms with E-state index in [1.54, 1.807) is 6.08 Å². The minimum absolute atomic E-state index is 1.07. The van der Waals surface area contributed by atoms with E-state index in [0.717, 1.165) is 15.6 Å². The second-order valence-electron chi connectivity index (χ2n) is 2.54. The molecule has 0 fully saturated rings. The molecule has 0 unspecified atom stereocenters. The molecule has 0 heterocycles. The number of rotatable bonds is 3. The molecule has 0 radical (unpaired) electrons. The monoisotopic (exact) mass is 234 g/mol. The van der Waals surface area contributed by atoms with Crippen molar-refractivity contribution in [2.75, 3.05) is 0 Å². The highest BCUT2D eigenvalue weighted by molar-refractivity contribution is 9.10. The zero-order valence-electron chi connectivity index (χ0n) is 7.33. The average Bonchev–Trinajstić information content (AvgIpc) is 2.16. The summed E-state index contributed by atoms with van der Waals surface area (Å²) in [6, 6.07) is 8.04. The van der Waals surface area contributed by atoms with Gasteiger partial charge in [-0.15, -0.1) is 0 Å². The molecule has 0 saturated heterocycles. The van der Waals surface area contributed by atoms with Crippen LogP contribution in [0.4, 0.5) is 0 Å². The van der Waals surface area contributed by atoms with Gasteiger partial charge in [0.05, 0.1) is 0 Å². The second-order valence-corrected chi connectivity index (χ2v) is 3.40. The topological polar surface area (TPSA) is 0 Å². The standard InChI is InChI=1S/C12H11Br/c1-3-7-10(4-2)11-8-5-6-9-12(11)13/h3-9H,1-2H2/b10-7+. The molecule has 0 aliphatic carbocycles. The maximum atomic E-state index is 3.76. The molecule has 0 bridgehead atoms. The fourth-order valence-corrected chi connectivity index (χ4v) is 1.60. The third-order valence-corrected chi connectivity index (χ3v) is 2.39. The molecule has 0 aliphatic heterocycles. The normalized spacial score (nSPS) is 11.0. The largest absolute Gasteiger partial charge is 0.0990 e. The molecule has 1 aromatic rings. The molecule has 13 heavy (non-hydrogen) atoms. The van der Waals surface area contributed by atoms with Gasteiger partial charge >= 0.3 is 0 Å². The lowest BCUT2D eigenvalue weighted by atomic mass is 10.1. The molecular weight excluding hydrogens is 224 g/mol. The quantitative estimate of drug-likeness (QED) is 0.688. The summed E-state index contributed by atoms with van der Waals surface area (Å²) in [5.74, 6) is 0. The van der Waals surface area contributed by atoms with Crippen LogP contribution in [0.5, 0.6) is 0 Å². The summed E-state index contributed by atoms with van der Waals surface area (Å²) in [5, 5.41) is 0. The van der Waals surface area contributed by atoms with E-state index in [4.69, 9.17) is 0 Å². The highest BCUT2D eigenvalue weighted by atomic mass is 79.9. The van der Waals surface area contributed by atoms with Crippen LogP contribution in [0.2, 0.25) is 0 Å². The summed E-state index contributed by atoms with van der Waals surface area (Å²) < 4.78 is 1.07. The van der Waals surface area contributed by atoms with Gasteiger partial charge in [0, 0.05) is 4.47 Å². The first-order valence-electron chi connectivity index (χ1n) is 3.99. The molecule has 0 amide bonds. The Hall–Kier alpha value is -1.08. The summed E-state index contributed by atoms with van der Waals surface area (Å²) in [4.78, 5) is 0. The molecule has 1 heteroatoms. The van der Waals surface area contributed by atoms with Crippen molar-refractivity contribution in [1.82, 2.24) is 0 Å². The summed E-state index contributed by atoms with van der Waals surface area (Å²) in [7, 11) is 0. The highest BCUT2D eigenvalue weighted by Crippen LogP contribution is 2.24. The summed E-state index contributed by atoms with van der Waals surface area (Å²) >= 11 is 3.48. The smallest absolute Gasteiger partial charge is 0.0253 e. The third kappa shape index (κ3) is 2.43. The van der Waals surface area contributed by atoms with Crippen LogP contribution in [-0.4, -0.2) is 0 Å². The number of benzene rings is 1. The van der Waals surface area contributed by atoms with E-state index in [0.29, 0.717) is 0 Å². The Kier molecular flexibility index (Phi) is 3.71. The van der Waals surface area contributed by atoms with Crippen molar-refractivity contribution < 1.29 is 0 Å². The van der Waals surface area contributed by atoms with Crippen molar-refractivity contribution >= 4 is 21.5 Å². The van der Waals surface area contributed by atoms with Gasteiger partial charge in [-0.25, -0.2) is 0 Å². The fourth-order valence-electron chi connectivity index (χ4n) is 1.09. The van der Waals surface area contributed by atoms with Crippen LogP contribution in [0.3, 0.4) is 0 Å². The van der Waals surface area contributed by atoms with Gasteiger partial charge in [-0.05, 0) is 17.2 Å². The Labute approximate surface area is 87.4 Å². The van der Waals surface area contributed by atoms with E-state index in [9.17, 15) is 0 Å². The number of allylic oxidation sites excluding steroid dienone is 4. The van der Waals surface area contributed by atoms with Gasteiger partial charge in [0.1, 0.15) is 0 Å². The SMILES string of the molecule is C=C/C=C(\C=C)c1ccccc1Br. The first-order chi connectivity index (χ1) is 6.29. The van der Waals surface area contributed by atoms with Crippen LogP contribution in [0, 0.1) is 0 Å². The van der Waals surface area contributed by atoms with Crippen LogP contribution >= 0.6 is 15.9 Å². The van der Waals surface area contributed by atoms with E-state index in [-0.39, 0.29) is 0 Å². The second kappa shape index (κ2) is 4.83. The Balaban J connectivity index is 3.19. The molecule has 0 aromatic heterocycles. The summed E-state index contributed by atoms with van der Waals surface area (Å²) in [6.45, 7) is 7.42. The maximum absolute atomic E-state index is 3.76. The Morgan fingerprint density at radius 1 is 1.23 bits per heavy atom. The zero-order chi connectivity index (χ0) is 9.68. The van der Waals surface area contributed by atoms with Crippen LogP contribution < -0.4 is 0 Å². The molecule has 1 rings (SSSR count). The van der Waals surface area contributed by atoms with E-state index in [1.165, 1.54) is 0 Å². The number of halogens is 1. The van der Waals surface area contributed by atoms with Crippen LogP contribution in [-0.2, 0) is 0 Å². The van der Waals surface area contributed by atoms with Gasteiger partial charge in [0.15, 0.2) is 0 Å². The number of hydrogen-bond acceptors (Lipinski definition) is 0. The minimum Gasteiger partial charge on any atom is -0.0990 e. The molecule has 66 valence electrons. The van der Waals surface area contributed by atoms with Crippen molar-refractivity contribution in [2.45, 2.75) is 0 Å². The highest BCUT2D eigenvalue weighted by Gasteiger charge is 1.99. The molecule has 0 saturated carbocycles. The van der Waals surface area contributed by atoms with Crippen LogP contribution in [0.1, 0.15) is 5.56 Å². The zero-order valence-corrected chi connectivity index (χ0v) is 8.92. The Morgan fingerprint density at radius 3 is 2.46 bits per heavy atom. The van der Waals surface area contributed by atoms with Crippen molar-refractivity contribution in [3.05, 3.63) is 65.7 Å². The summed E-state index contributed by atoms with van der Waals surface area (Å²) in [6.07, 6.45) is 5.52. The molecule has 0 nitrogen and oxygen atoms in total. The first kappa shape index (κ1) is 10.0. The average molecular weight is 235 g/mol. The lowest BCUT2D eigenvalue weighted by molar-refractivity contribution is 1.57. The van der Waals surface area contributed by atoms with E-state index in [2.05, 4.69) is 29.1 Å². The fraction of sp³-hybridized carbons (Fsp3) is 0.